The van der Waals surface area contributed by atoms with Crippen molar-refractivity contribution in [2.24, 2.45) is 5.73 Å². The molecule has 0 radical (unpaired) electrons. The lowest BCUT2D eigenvalue weighted by Crippen LogP contribution is -2.18. The summed E-state index contributed by atoms with van der Waals surface area (Å²) >= 11 is 0. The van der Waals surface area contributed by atoms with Crippen molar-refractivity contribution in [1.82, 2.24) is 0 Å². The van der Waals surface area contributed by atoms with Gasteiger partial charge in [0.2, 0.25) is 0 Å². The van der Waals surface area contributed by atoms with Gasteiger partial charge in [0.05, 0.1) is 0 Å². The van der Waals surface area contributed by atoms with Crippen LogP contribution in [0.2, 0.25) is 0 Å². The van der Waals surface area contributed by atoms with Gasteiger partial charge in [-0.1, -0.05) is 51.1 Å². The third kappa shape index (κ3) is 2.24. The first-order valence-electron chi connectivity index (χ1n) is 4.94. The Morgan fingerprint density at radius 2 is 1.86 bits per heavy atom. The van der Waals surface area contributed by atoms with Crippen molar-refractivity contribution in [2.45, 2.75) is 32.2 Å². The molecular formula is C13H19N. The molecule has 0 aliphatic heterocycles. The number of hydrogen-bond donors (Lipinski definition) is 1. The normalized spacial score (nSPS) is 13.7. The molecule has 1 rings (SSSR count). The molecule has 0 saturated heterocycles. The monoisotopic (exact) mass is 189 g/mol. The summed E-state index contributed by atoms with van der Waals surface area (Å²) in [4.78, 5) is 0. The van der Waals surface area contributed by atoms with Crippen LogP contribution in [0.25, 0.3) is 0 Å². The van der Waals surface area contributed by atoms with Gasteiger partial charge in [-0.05, 0) is 16.5 Å². The molecule has 0 fully saturated rings. The minimum absolute atomic E-state index is 0.0644. The number of nitrogens with two attached hydrogens (primary N) is 1. The van der Waals surface area contributed by atoms with Gasteiger partial charge < -0.3 is 5.73 Å². The van der Waals surface area contributed by atoms with Crippen molar-refractivity contribution in [1.29, 1.82) is 0 Å². The molecule has 0 amide bonds. The van der Waals surface area contributed by atoms with E-state index in [1.165, 1.54) is 11.1 Å². The molecular weight excluding hydrogens is 170 g/mol. The predicted molar refractivity (Wildman–Crippen MR) is 62.3 cm³/mol. The average molecular weight is 189 g/mol. The van der Waals surface area contributed by atoms with Gasteiger partial charge in [-0.15, -0.1) is 6.58 Å². The molecule has 0 aromatic heterocycles. The molecule has 1 unspecified atom stereocenters. The number of rotatable bonds is 2. The molecule has 0 saturated carbocycles. The van der Waals surface area contributed by atoms with Gasteiger partial charge in [0.15, 0.2) is 0 Å². The van der Waals surface area contributed by atoms with E-state index in [1.807, 2.05) is 6.07 Å². The van der Waals surface area contributed by atoms with Crippen LogP contribution in [-0.2, 0) is 5.41 Å². The van der Waals surface area contributed by atoms with E-state index in [-0.39, 0.29) is 11.5 Å². The first kappa shape index (κ1) is 11.0. The van der Waals surface area contributed by atoms with E-state index >= 15 is 0 Å². The highest BCUT2D eigenvalue weighted by Crippen LogP contribution is 2.28. The van der Waals surface area contributed by atoms with Crippen LogP contribution in [0, 0.1) is 0 Å². The smallest absolute Gasteiger partial charge is 0.0481 e. The van der Waals surface area contributed by atoms with E-state index in [2.05, 4.69) is 45.5 Å². The highest BCUT2D eigenvalue weighted by Gasteiger charge is 2.18. The van der Waals surface area contributed by atoms with Crippen molar-refractivity contribution < 1.29 is 0 Å². The van der Waals surface area contributed by atoms with Gasteiger partial charge in [0.1, 0.15) is 0 Å². The zero-order valence-electron chi connectivity index (χ0n) is 9.25. The summed E-state index contributed by atoms with van der Waals surface area (Å²) in [5.74, 6) is 0. The Kier molecular flexibility index (Phi) is 3.12. The standard InChI is InChI=1S/C13H19N/c1-5-12(14)10-8-6-7-9-11(10)13(2,3)4/h5-9,12H,1,14H2,2-4H3. The van der Waals surface area contributed by atoms with E-state index in [0.29, 0.717) is 0 Å². The maximum absolute atomic E-state index is 5.97. The molecule has 1 nitrogen and oxygen atoms in total. The first-order valence-corrected chi connectivity index (χ1v) is 4.94. The summed E-state index contributed by atoms with van der Waals surface area (Å²) in [6.07, 6.45) is 1.78. The molecule has 0 aliphatic carbocycles. The van der Waals surface area contributed by atoms with E-state index in [0.717, 1.165) is 0 Å². The summed E-state index contributed by atoms with van der Waals surface area (Å²) in [7, 11) is 0. The Labute approximate surface area is 86.6 Å². The van der Waals surface area contributed by atoms with E-state index in [4.69, 9.17) is 5.73 Å². The summed E-state index contributed by atoms with van der Waals surface area (Å²) in [5, 5.41) is 0. The summed E-state index contributed by atoms with van der Waals surface area (Å²) in [6, 6.07) is 8.23. The minimum atomic E-state index is -0.0644. The highest BCUT2D eigenvalue weighted by atomic mass is 14.6. The molecule has 1 atom stereocenters. The van der Waals surface area contributed by atoms with Gasteiger partial charge in [-0.3, -0.25) is 0 Å². The van der Waals surface area contributed by atoms with Gasteiger partial charge in [-0.2, -0.15) is 0 Å². The van der Waals surface area contributed by atoms with Crippen molar-refractivity contribution >= 4 is 0 Å². The zero-order valence-corrected chi connectivity index (χ0v) is 9.25. The van der Waals surface area contributed by atoms with Crippen LogP contribution in [0.15, 0.2) is 36.9 Å². The zero-order chi connectivity index (χ0) is 10.8. The van der Waals surface area contributed by atoms with Crippen LogP contribution < -0.4 is 5.73 Å². The molecule has 1 heteroatoms. The summed E-state index contributed by atoms with van der Waals surface area (Å²) < 4.78 is 0. The fourth-order valence-corrected chi connectivity index (χ4v) is 1.60. The maximum atomic E-state index is 5.97. The Hall–Kier alpha value is -1.08. The highest BCUT2D eigenvalue weighted by molar-refractivity contribution is 5.36. The second kappa shape index (κ2) is 3.97. The van der Waals surface area contributed by atoms with Crippen LogP contribution in [-0.4, -0.2) is 0 Å². The second-order valence-electron chi connectivity index (χ2n) is 4.60. The summed E-state index contributed by atoms with van der Waals surface area (Å²) in [6.45, 7) is 10.3. The third-order valence-electron chi connectivity index (χ3n) is 2.38. The molecule has 0 aliphatic rings. The van der Waals surface area contributed by atoms with Crippen LogP contribution in [0.4, 0.5) is 0 Å². The van der Waals surface area contributed by atoms with E-state index in [9.17, 15) is 0 Å². The van der Waals surface area contributed by atoms with E-state index in [1.54, 1.807) is 6.08 Å². The van der Waals surface area contributed by atoms with Crippen LogP contribution >= 0.6 is 0 Å². The lowest BCUT2D eigenvalue weighted by Gasteiger charge is -2.24. The molecule has 1 aromatic rings. The molecule has 0 heterocycles. The Bertz CT molecular complexity index is 320. The van der Waals surface area contributed by atoms with Crippen molar-refractivity contribution in [3.63, 3.8) is 0 Å². The Balaban J connectivity index is 3.22. The molecule has 0 spiro atoms. The average Bonchev–Trinajstić information content (AvgIpc) is 2.15. The van der Waals surface area contributed by atoms with Gasteiger partial charge in [0.25, 0.3) is 0 Å². The molecule has 76 valence electrons. The largest absolute Gasteiger partial charge is 0.321 e. The molecule has 14 heavy (non-hydrogen) atoms. The minimum Gasteiger partial charge on any atom is -0.321 e. The fourth-order valence-electron chi connectivity index (χ4n) is 1.60. The van der Waals surface area contributed by atoms with Crippen LogP contribution in [0.1, 0.15) is 37.9 Å². The second-order valence-corrected chi connectivity index (χ2v) is 4.60. The number of hydrogen-bond acceptors (Lipinski definition) is 1. The Morgan fingerprint density at radius 1 is 1.29 bits per heavy atom. The van der Waals surface area contributed by atoms with Crippen molar-refractivity contribution in [2.75, 3.05) is 0 Å². The third-order valence-corrected chi connectivity index (χ3v) is 2.38. The SMILES string of the molecule is C=CC(N)c1ccccc1C(C)(C)C. The van der Waals surface area contributed by atoms with Crippen molar-refractivity contribution in [3.8, 4) is 0 Å². The van der Waals surface area contributed by atoms with E-state index < -0.39 is 0 Å². The van der Waals surface area contributed by atoms with Gasteiger partial charge in [0, 0.05) is 6.04 Å². The predicted octanol–water partition coefficient (Wildman–Crippen LogP) is 3.17. The Morgan fingerprint density at radius 3 is 2.36 bits per heavy atom. The van der Waals surface area contributed by atoms with Crippen molar-refractivity contribution in [3.05, 3.63) is 48.0 Å². The summed E-state index contributed by atoms with van der Waals surface area (Å²) in [5.41, 5.74) is 8.58. The van der Waals surface area contributed by atoms with Gasteiger partial charge in [-0.25, -0.2) is 0 Å². The molecule has 1 aromatic carbocycles. The number of benzene rings is 1. The topological polar surface area (TPSA) is 26.0 Å². The lowest BCUT2D eigenvalue weighted by molar-refractivity contribution is 0.579. The molecule has 2 N–H and O–H groups in total. The van der Waals surface area contributed by atoms with Crippen LogP contribution in [0.3, 0.4) is 0 Å². The van der Waals surface area contributed by atoms with Gasteiger partial charge >= 0.3 is 0 Å². The van der Waals surface area contributed by atoms with Crippen LogP contribution in [0.5, 0.6) is 0 Å². The lowest BCUT2D eigenvalue weighted by atomic mass is 9.82. The maximum Gasteiger partial charge on any atom is 0.0481 e. The molecule has 0 bridgehead atoms. The fraction of sp³-hybridized carbons (Fsp3) is 0.385. The quantitative estimate of drug-likeness (QED) is 0.710. The first-order chi connectivity index (χ1) is 6.46.